The number of rotatable bonds is 3. The Morgan fingerprint density at radius 1 is 1.36 bits per heavy atom. The van der Waals surface area contributed by atoms with Gasteiger partial charge in [0.15, 0.2) is 12.3 Å². The first-order chi connectivity index (χ1) is 10.7. The maximum Gasteiger partial charge on any atom is 0.359 e. The molecule has 2 aromatic rings. The Morgan fingerprint density at radius 3 is 3.00 bits per heavy atom. The van der Waals surface area contributed by atoms with Crippen molar-refractivity contribution in [3.05, 3.63) is 30.0 Å². The number of ether oxygens (including phenoxy) is 1. The van der Waals surface area contributed by atoms with E-state index in [1.165, 1.54) is 0 Å². The number of carbonyl (C=O) groups is 2. The number of nitrogens with one attached hydrogen (secondary N) is 1. The fourth-order valence-electron chi connectivity index (χ4n) is 2.87. The number of amides is 1. The first-order valence-electron chi connectivity index (χ1n) is 7.56. The lowest BCUT2D eigenvalue weighted by Crippen LogP contribution is -2.44. The smallest absolute Gasteiger partial charge is 0.359 e. The third kappa shape index (κ3) is 2.81. The molecule has 1 amide bonds. The summed E-state index contributed by atoms with van der Waals surface area (Å²) in [5, 5.41) is 7.46. The van der Waals surface area contributed by atoms with Crippen LogP contribution in [-0.4, -0.2) is 46.2 Å². The Kier molecular flexibility index (Phi) is 4.09. The van der Waals surface area contributed by atoms with Crippen LogP contribution < -0.4 is 0 Å². The number of para-hydroxylation sites is 1. The van der Waals surface area contributed by atoms with E-state index in [1.54, 1.807) is 11.0 Å². The van der Waals surface area contributed by atoms with E-state index in [0.717, 1.165) is 31.3 Å². The molecule has 1 fully saturated rings. The zero-order valence-corrected chi connectivity index (χ0v) is 12.5. The normalized spacial score (nSPS) is 18.4. The number of hydrogen-bond acceptors (Lipinski definition) is 4. The number of piperidine rings is 1. The minimum absolute atomic E-state index is 0.139. The second-order valence-corrected chi connectivity index (χ2v) is 5.63. The van der Waals surface area contributed by atoms with E-state index in [9.17, 15) is 9.59 Å². The minimum Gasteiger partial charge on any atom is -0.451 e. The fourth-order valence-corrected chi connectivity index (χ4v) is 2.87. The van der Waals surface area contributed by atoms with Crippen LogP contribution in [-0.2, 0) is 9.53 Å². The average Bonchev–Trinajstić information content (AvgIpc) is 2.97. The van der Waals surface area contributed by atoms with Crippen LogP contribution in [0.1, 0.15) is 36.7 Å². The molecule has 1 atom stereocenters. The zero-order valence-electron chi connectivity index (χ0n) is 12.5. The van der Waals surface area contributed by atoms with E-state index in [0.29, 0.717) is 5.39 Å². The molecule has 0 aliphatic carbocycles. The lowest BCUT2D eigenvalue weighted by molar-refractivity contribution is -0.137. The topological polar surface area (TPSA) is 75.3 Å². The summed E-state index contributed by atoms with van der Waals surface area (Å²) in [6, 6.07) is 7.53. The molecule has 3 rings (SSSR count). The van der Waals surface area contributed by atoms with E-state index >= 15 is 0 Å². The van der Waals surface area contributed by atoms with Crippen molar-refractivity contribution in [3.63, 3.8) is 0 Å². The van der Waals surface area contributed by atoms with Crippen molar-refractivity contribution in [2.75, 3.05) is 13.2 Å². The van der Waals surface area contributed by atoms with E-state index in [2.05, 4.69) is 10.2 Å². The lowest BCUT2D eigenvalue weighted by Gasteiger charge is -2.33. The number of hydrogen-bond donors (Lipinski definition) is 1. The van der Waals surface area contributed by atoms with Crippen LogP contribution in [0.5, 0.6) is 0 Å². The van der Waals surface area contributed by atoms with Crippen LogP contribution in [0.3, 0.4) is 0 Å². The Morgan fingerprint density at radius 2 is 2.18 bits per heavy atom. The second-order valence-electron chi connectivity index (χ2n) is 5.63. The Balaban J connectivity index is 1.63. The van der Waals surface area contributed by atoms with Crippen LogP contribution >= 0.6 is 0 Å². The van der Waals surface area contributed by atoms with Gasteiger partial charge >= 0.3 is 5.97 Å². The molecule has 22 heavy (non-hydrogen) atoms. The number of fused-ring (bicyclic) bond motifs is 1. The predicted octanol–water partition coefficient (Wildman–Crippen LogP) is 2.12. The average molecular weight is 301 g/mol. The molecule has 0 unspecified atom stereocenters. The first-order valence-corrected chi connectivity index (χ1v) is 7.56. The van der Waals surface area contributed by atoms with Gasteiger partial charge in [-0.15, -0.1) is 0 Å². The summed E-state index contributed by atoms with van der Waals surface area (Å²) in [4.78, 5) is 26.1. The van der Waals surface area contributed by atoms with E-state index in [-0.39, 0.29) is 24.2 Å². The van der Waals surface area contributed by atoms with E-state index in [4.69, 9.17) is 4.74 Å². The molecule has 1 aliphatic heterocycles. The third-order valence-electron chi connectivity index (χ3n) is 4.11. The van der Waals surface area contributed by atoms with Crippen molar-refractivity contribution in [1.29, 1.82) is 0 Å². The van der Waals surface area contributed by atoms with Crippen molar-refractivity contribution < 1.29 is 14.3 Å². The molecule has 1 N–H and O–H groups in total. The maximum absolute atomic E-state index is 12.2. The van der Waals surface area contributed by atoms with Crippen LogP contribution in [0.15, 0.2) is 24.3 Å². The number of likely N-dealkylation sites (tertiary alicyclic amines) is 1. The number of H-pyrrole nitrogens is 1. The minimum atomic E-state index is -0.574. The van der Waals surface area contributed by atoms with Gasteiger partial charge in [-0.05, 0) is 32.3 Å². The molecule has 0 spiro atoms. The first kappa shape index (κ1) is 14.6. The highest BCUT2D eigenvalue weighted by atomic mass is 16.5. The summed E-state index contributed by atoms with van der Waals surface area (Å²) in [7, 11) is 0. The fraction of sp³-hybridized carbons (Fsp3) is 0.438. The van der Waals surface area contributed by atoms with Crippen LogP contribution in [0.2, 0.25) is 0 Å². The van der Waals surface area contributed by atoms with E-state index in [1.807, 2.05) is 25.1 Å². The number of carbonyl (C=O) groups excluding carboxylic acids is 2. The second kappa shape index (κ2) is 6.17. The molecule has 1 aromatic carbocycles. The number of aromatic nitrogens is 2. The summed E-state index contributed by atoms with van der Waals surface area (Å²) in [5.41, 5.74) is 0.987. The highest BCUT2D eigenvalue weighted by molar-refractivity contribution is 6.02. The van der Waals surface area contributed by atoms with Gasteiger partial charge in [0, 0.05) is 18.0 Å². The Hall–Kier alpha value is -2.37. The predicted molar refractivity (Wildman–Crippen MR) is 81.4 cm³/mol. The van der Waals surface area contributed by atoms with Crippen LogP contribution in [0.25, 0.3) is 10.9 Å². The summed E-state index contributed by atoms with van der Waals surface area (Å²) < 4.78 is 5.15. The van der Waals surface area contributed by atoms with Crippen LogP contribution in [0, 0.1) is 0 Å². The third-order valence-corrected chi connectivity index (χ3v) is 4.11. The van der Waals surface area contributed by atoms with Gasteiger partial charge in [0.2, 0.25) is 0 Å². The van der Waals surface area contributed by atoms with Gasteiger partial charge in [0.1, 0.15) is 0 Å². The number of nitrogens with zero attached hydrogens (tertiary/aromatic N) is 2. The highest BCUT2D eigenvalue weighted by Crippen LogP contribution is 2.18. The number of esters is 1. The van der Waals surface area contributed by atoms with Crippen LogP contribution in [0.4, 0.5) is 0 Å². The maximum atomic E-state index is 12.2. The number of benzene rings is 1. The summed E-state index contributed by atoms with van der Waals surface area (Å²) >= 11 is 0. The van der Waals surface area contributed by atoms with Crippen molar-refractivity contribution in [2.24, 2.45) is 0 Å². The highest BCUT2D eigenvalue weighted by Gasteiger charge is 2.24. The van der Waals surface area contributed by atoms with Gasteiger partial charge in [-0.3, -0.25) is 9.89 Å². The molecule has 2 heterocycles. The lowest BCUT2D eigenvalue weighted by atomic mass is 10.0. The number of aromatic amines is 1. The molecular weight excluding hydrogens is 282 g/mol. The summed E-state index contributed by atoms with van der Waals surface area (Å²) in [6.45, 7) is 2.54. The molecular formula is C16H19N3O3. The molecule has 0 radical (unpaired) electrons. The molecule has 6 nitrogen and oxygen atoms in total. The molecule has 0 saturated carbocycles. The zero-order chi connectivity index (χ0) is 15.5. The SMILES string of the molecule is C[C@@H]1CCCCN1C(=O)COC(=O)c1n[nH]c2ccccc12. The Labute approximate surface area is 128 Å². The Bertz CT molecular complexity index is 695. The molecule has 1 saturated heterocycles. The van der Waals surface area contributed by atoms with E-state index < -0.39 is 5.97 Å². The molecule has 116 valence electrons. The quantitative estimate of drug-likeness (QED) is 0.881. The summed E-state index contributed by atoms with van der Waals surface area (Å²) in [6.07, 6.45) is 3.15. The van der Waals surface area contributed by atoms with Gasteiger partial charge in [0.25, 0.3) is 5.91 Å². The van der Waals surface area contributed by atoms with Gasteiger partial charge < -0.3 is 9.64 Å². The van der Waals surface area contributed by atoms with Crippen molar-refractivity contribution in [1.82, 2.24) is 15.1 Å². The van der Waals surface area contributed by atoms with Crippen molar-refractivity contribution >= 4 is 22.8 Å². The molecule has 0 bridgehead atoms. The van der Waals surface area contributed by atoms with Gasteiger partial charge in [-0.25, -0.2) is 4.79 Å². The molecule has 1 aliphatic rings. The van der Waals surface area contributed by atoms with Crippen molar-refractivity contribution in [3.8, 4) is 0 Å². The van der Waals surface area contributed by atoms with Gasteiger partial charge in [0.05, 0.1) is 5.52 Å². The van der Waals surface area contributed by atoms with Gasteiger partial charge in [-0.2, -0.15) is 5.10 Å². The monoisotopic (exact) mass is 301 g/mol. The largest absolute Gasteiger partial charge is 0.451 e. The van der Waals surface area contributed by atoms with Crippen molar-refractivity contribution in [2.45, 2.75) is 32.2 Å². The van der Waals surface area contributed by atoms with Gasteiger partial charge in [-0.1, -0.05) is 18.2 Å². The standard InChI is InChI=1S/C16H19N3O3/c1-11-6-4-5-9-19(11)14(20)10-22-16(21)15-12-7-2-3-8-13(12)17-18-15/h2-3,7-8,11H,4-6,9-10H2,1H3,(H,17,18)/t11-/m1/s1. The molecule has 1 aromatic heterocycles. The molecule has 6 heteroatoms. The summed E-state index contributed by atoms with van der Waals surface area (Å²) in [5.74, 6) is -0.712.